The molecule has 1 atom stereocenters. The van der Waals surface area contributed by atoms with Crippen LogP contribution in [0.4, 0.5) is 0 Å². The van der Waals surface area contributed by atoms with E-state index in [0.717, 1.165) is 31.2 Å². The molecular formula is C22H29N3O3. The Bertz CT molecular complexity index is 821. The Morgan fingerprint density at radius 1 is 1.21 bits per heavy atom. The number of carbonyl (C=O) groups excluding carboxylic acids is 1. The average Bonchev–Trinajstić information content (AvgIpc) is 3.01. The zero-order valence-electron chi connectivity index (χ0n) is 16.9. The fraction of sp³-hybridized carbons (Fsp3) is 0.455. The van der Waals surface area contributed by atoms with Gasteiger partial charge >= 0.3 is 0 Å². The quantitative estimate of drug-likeness (QED) is 0.720. The molecule has 0 saturated carbocycles. The van der Waals surface area contributed by atoms with Gasteiger partial charge in [-0.2, -0.15) is 0 Å². The lowest BCUT2D eigenvalue weighted by Crippen LogP contribution is -2.40. The van der Waals surface area contributed by atoms with Crippen molar-refractivity contribution in [2.75, 3.05) is 20.8 Å². The molecule has 1 amide bonds. The summed E-state index contributed by atoms with van der Waals surface area (Å²) in [7, 11) is 3.18. The maximum absolute atomic E-state index is 12.8. The number of amides is 1. The topological polar surface area (TPSA) is 77.7 Å². The van der Waals surface area contributed by atoms with Gasteiger partial charge < -0.3 is 20.1 Å². The number of aryl methyl sites for hydroxylation is 1. The van der Waals surface area contributed by atoms with Gasteiger partial charge in [-0.25, -0.2) is 0 Å². The van der Waals surface area contributed by atoms with Crippen LogP contribution in [0.25, 0.3) is 0 Å². The number of benzene rings is 1. The van der Waals surface area contributed by atoms with Crippen LogP contribution in [0.2, 0.25) is 0 Å². The minimum Gasteiger partial charge on any atom is -0.493 e. The van der Waals surface area contributed by atoms with E-state index in [1.165, 1.54) is 5.56 Å². The van der Waals surface area contributed by atoms with Crippen molar-refractivity contribution in [1.29, 1.82) is 0 Å². The van der Waals surface area contributed by atoms with Gasteiger partial charge in [-0.1, -0.05) is 6.07 Å². The highest BCUT2D eigenvalue weighted by Gasteiger charge is 2.30. The number of ether oxygens (including phenoxy) is 2. The van der Waals surface area contributed by atoms with Crippen LogP contribution in [-0.2, 0) is 13.0 Å². The zero-order valence-corrected chi connectivity index (χ0v) is 16.9. The Kier molecular flexibility index (Phi) is 6.19. The van der Waals surface area contributed by atoms with E-state index in [2.05, 4.69) is 18.0 Å². The van der Waals surface area contributed by atoms with Gasteiger partial charge in [-0.3, -0.25) is 9.78 Å². The molecule has 6 nitrogen and oxygen atoms in total. The molecule has 1 aromatic heterocycles. The van der Waals surface area contributed by atoms with Gasteiger partial charge in [0.05, 0.1) is 14.2 Å². The Labute approximate surface area is 166 Å². The number of aromatic nitrogens is 1. The Balaban J connectivity index is 1.54. The van der Waals surface area contributed by atoms with Crippen LogP contribution in [-0.4, -0.2) is 42.1 Å². The zero-order chi connectivity index (χ0) is 20.1. The fourth-order valence-corrected chi connectivity index (χ4v) is 3.64. The number of rotatable bonds is 9. The summed E-state index contributed by atoms with van der Waals surface area (Å²) in [5.41, 5.74) is 9.08. The fourth-order valence-electron chi connectivity index (χ4n) is 3.64. The molecule has 6 heteroatoms. The average molecular weight is 383 g/mol. The molecule has 0 fully saturated rings. The van der Waals surface area contributed by atoms with Gasteiger partial charge in [0.15, 0.2) is 11.5 Å². The van der Waals surface area contributed by atoms with Crippen molar-refractivity contribution < 1.29 is 14.3 Å². The molecule has 1 unspecified atom stereocenters. The monoisotopic (exact) mass is 383 g/mol. The molecule has 3 rings (SSSR count). The number of hydrogen-bond acceptors (Lipinski definition) is 5. The summed E-state index contributed by atoms with van der Waals surface area (Å²) in [6, 6.07) is 7.70. The number of hydrogen-bond donors (Lipinski definition) is 1. The molecule has 1 aliphatic rings. The Hall–Kier alpha value is -2.60. The van der Waals surface area contributed by atoms with Crippen LogP contribution < -0.4 is 15.2 Å². The first-order valence-corrected chi connectivity index (χ1v) is 9.65. The van der Waals surface area contributed by atoms with E-state index >= 15 is 0 Å². The highest BCUT2D eigenvalue weighted by Crippen LogP contribution is 2.35. The third-order valence-electron chi connectivity index (χ3n) is 5.38. The van der Waals surface area contributed by atoms with Gasteiger partial charge in [0.2, 0.25) is 0 Å². The maximum atomic E-state index is 12.8. The standard InChI is InChI=1S/C22H29N3O3/c1-22(23,8-4-6-16-7-5-10-24-14-16)9-11-25-15-17-12-19(27-2)20(28-3)13-18(17)21(25)26/h5,7,10,12-14H,4,6,8-9,11,15,23H2,1-3H3. The largest absolute Gasteiger partial charge is 0.493 e. The van der Waals surface area contributed by atoms with Crippen LogP contribution in [0.5, 0.6) is 11.5 Å². The number of fused-ring (bicyclic) bond motifs is 1. The molecule has 2 heterocycles. The molecule has 0 saturated heterocycles. The molecular weight excluding hydrogens is 354 g/mol. The molecule has 28 heavy (non-hydrogen) atoms. The summed E-state index contributed by atoms with van der Waals surface area (Å²) in [5.74, 6) is 1.26. The van der Waals surface area contributed by atoms with Crippen molar-refractivity contribution in [2.24, 2.45) is 5.73 Å². The second kappa shape index (κ2) is 8.61. The first-order chi connectivity index (χ1) is 13.4. The van der Waals surface area contributed by atoms with Crippen molar-refractivity contribution in [3.63, 3.8) is 0 Å². The van der Waals surface area contributed by atoms with E-state index in [-0.39, 0.29) is 11.4 Å². The first-order valence-electron chi connectivity index (χ1n) is 9.65. The molecule has 2 aromatic rings. The van der Waals surface area contributed by atoms with Crippen LogP contribution in [0.3, 0.4) is 0 Å². The Morgan fingerprint density at radius 3 is 2.64 bits per heavy atom. The van der Waals surface area contributed by atoms with Gasteiger partial charge in [-0.05, 0) is 61.9 Å². The van der Waals surface area contributed by atoms with E-state index in [4.69, 9.17) is 15.2 Å². The van der Waals surface area contributed by atoms with Gasteiger partial charge in [0.25, 0.3) is 5.91 Å². The lowest BCUT2D eigenvalue weighted by atomic mass is 9.91. The predicted octanol–water partition coefficient (Wildman–Crippen LogP) is 3.19. The van der Waals surface area contributed by atoms with Crippen LogP contribution >= 0.6 is 0 Å². The Morgan fingerprint density at radius 2 is 1.96 bits per heavy atom. The van der Waals surface area contributed by atoms with Crippen molar-refractivity contribution in [1.82, 2.24) is 9.88 Å². The minimum absolute atomic E-state index is 0.0297. The van der Waals surface area contributed by atoms with Crippen LogP contribution in [0.15, 0.2) is 36.7 Å². The summed E-state index contributed by atoms with van der Waals surface area (Å²) in [6.07, 6.45) is 7.31. The van der Waals surface area contributed by atoms with Crippen molar-refractivity contribution in [3.8, 4) is 11.5 Å². The third kappa shape index (κ3) is 4.62. The lowest BCUT2D eigenvalue weighted by molar-refractivity contribution is 0.0766. The van der Waals surface area contributed by atoms with E-state index < -0.39 is 0 Å². The predicted molar refractivity (Wildman–Crippen MR) is 109 cm³/mol. The highest BCUT2D eigenvalue weighted by atomic mass is 16.5. The van der Waals surface area contributed by atoms with E-state index in [1.807, 2.05) is 23.2 Å². The van der Waals surface area contributed by atoms with Gasteiger partial charge in [-0.15, -0.1) is 0 Å². The summed E-state index contributed by atoms with van der Waals surface area (Å²) in [5, 5.41) is 0. The highest BCUT2D eigenvalue weighted by molar-refractivity contribution is 5.99. The van der Waals surface area contributed by atoms with Gasteiger partial charge in [0.1, 0.15) is 0 Å². The maximum Gasteiger partial charge on any atom is 0.254 e. The van der Waals surface area contributed by atoms with E-state index in [9.17, 15) is 4.79 Å². The van der Waals surface area contributed by atoms with Crippen molar-refractivity contribution in [2.45, 2.75) is 44.7 Å². The summed E-state index contributed by atoms with van der Waals surface area (Å²) in [4.78, 5) is 18.8. The number of methoxy groups -OCH3 is 2. The molecule has 1 aliphatic heterocycles. The van der Waals surface area contributed by atoms with E-state index in [0.29, 0.717) is 30.2 Å². The van der Waals surface area contributed by atoms with Crippen LogP contribution in [0, 0.1) is 0 Å². The molecule has 0 spiro atoms. The number of carbonyl (C=O) groups is 1. The summed E-state index contributed by atoms with van der Waals surface area (Å²) < 4.78 is 10.7. The van der Waals surface area contributed by atoms with E-state index in [1.54, 1.807) is 26.5 Å². The summed E-state index contributed by atoms with van der Waals surface area (Å²) in [6.45, 7) is 3.29. The molecule has 2 N–H and O–H groups in total. The number of nitrogens with zero attached hydrogens (tertiary/aromatic N) is 2. The summed E-state index contributed by atoms with van der Waals surface area (Å²) >= 11 is 0. The molecule has 0 radical (unpaired) electrons. The second-order valence-electron chi connectivity index (χ2n) is 7.71. The number of nitrogens with two attached hydrogens (primary N) is 1. The lowest BCUT2D eigenvalue weighted by Gasteiger charge is -2.27. The number of pyridine rings is 1. The SMILES string of the molecule is COc1cc2c(cc1OC)C(=O)N(CCC(C)(N)CCCc1cccnc1)C2. The van der Waals surface area contributed by atoms with Crippen molar-refractivity contribution >= 4 is 5.91 Å². The molecule has 1 aromatic carbocycles. The normalized spacial score (nSPS) is 15.3. The van der Waals surface area contributed by atoms with Gasteiger partial charge in [0, 0.05) is 36.6 Å². The molecule has 0 aliphatic carbocycles. The second-order valence-corrected chi connectivity index (χ2v) is 7.71. The van der Waals surface area contributed by atoms with Crippen molar-refractivity contribution in [3.05, 3.63) is 53.3 Å². The smallest absolute Gasteiger partial charge is 0.254 e. The first kappa shape index (κ1) is 20.1. The van der Waals surface area contributed by atoms with Crippen LogP contribution in [0.1, 0.15) is 47.7 Å². The molecule has 0 bridgehead atoms. The minimum atomic E-state index is -0.313. The molecule has 150 valence electrons. The third-order valence-corrected chi connectivity index (χ3v) is 5.38.